The van der Waals surface area contributed by atoms with Gasteiger partial charge in [0.15, 0.2) is 0 Å². The van der Waals surface area contributed by atoms with Gasteiger partial charge in [-0.25, -0.2) is 0 Å². The van der Waals surface area contributed by atoms with Gasteiger partial charge in [0, 0.05) is 125 Å². The van der Waals surface area contributed by atoms with Crippen LogP contribution in [-0.2, 0) is 66.9 Å². The number of pyridine rings is 6. The fourth-order valence-electron chi connectivity index (χ4n) is 14.1. The minimum absolute atomic E-state index is 0. The van der Waals surface area contributed by atoms with Crippen molar-refractivity contribution in [2.24, 2.45) is 0 Å². The summed E-state index contributed by atoms with van der Waals surface area (Å²) in [5.74, 6) is 0. The number of aryl methyl sites for hydroxylation is 4. The number of thiophene rings is 1. The zero-order chi connectivity index (χ0) is 80.9. The van der Waals surface area contributed by atoms with E-state index in [0.29, 0.717) is 0 Å². The maximum atomic E-state index is 4.76. The summed E-state index contributed by atoms with van der Waals surface area (Å²) in [5.41, 5.74) is 22.0. The van der Waals surface area contributed by atoms with Crippen LogP contribution in [0.4, 0.5) is 0 Å². The second-order valence-electron chi connectivity index (χ2n) is 31.8. The Bertz CT molecular complexity index is 6330. The van der Waals surface area contributed by atoms with Crippen LogP contribution in [0.15, 0.2) is 322 Å². The third kappa shape index (κ3) is 21.4. The molecule has 15 heteroatoms. The van der Waals surface area contributed by atoms with E-state index in [2.05, 4.69) is 347 Å². The van der Waals surface area contributed by atoms with E-state index in [-0.39, 0.29) is 60.3 Å². The molecule has 0 amide bonds. The van der Waals surface area contributed by atoms with Crippen LogP contribution in [0.25, 0.3) is 137 Å². The molecule has 0 atom stereocenters. The van der Waals surface area contributed by atoms with Crippen molar-refractivity contribution in [1.82, 2.24) is 39.0 Å². The molecule has 0 N–H and O–H groups in total. The third-order valence-corrected chi connectivity index (χ3v) is 27.8. The molecule has 10 aromatic carbocycles. The Kier molecular flexibility index (Phi) is 30.4. The van der Waals surface area contributed by atoms with Gasteiger partial charge in [0.2, 0.25) is 0 Å². The molecule has 0 bridgehead atoms. The molecule has 0 saturated carbocycles. The fraction of sp³-hybridized carbons (Fsp3) is 0.135. The predicted octanol–water partition coefficient (Wildman–Crippen LogP) is 25.4. The zero-order valence-electron chi connectivity index (χ0n) is 69.3. The van der Waals surface area contributed by atoms with Gasteiger partial charge in [0.05, 0.1) is 24.2 Å². The van der Waals surface area contributed by atoms with E-state index < -0.39 is 24.2 Å². The molecule has 19 aromatic rings. The summed E-state index contributed by atoms with van der Waals surface area (Å²) in [5, 5.41) is 11.8. The summed E-state index contributed by atoms with van der Waals surface area (Å²) in [6.45, 7) is 30.5. The van der Waals surface area contributed by atoms with Crippen LogP contribution in [0.1, 0.15) is 23.6 Å². The number of hydrogen-bond acceptors (Lipinski definition) is 7. The van der Waals surface area contributed by atoms with E-state index >= 15 is 0 Å². The summed E-state index contributed by atoms with van der Waals surface area (Å²) in [6.07, 6.45) is 11.6. The van der Waals surface area contributed by atoms with Crippen molar-refractivity contribution in [2.75, 3.05) is 0 Å². The normalized spacial score (nSPS) is 11.1. The first-order valence-electron chi connectivity index (χ1n) is 39.5. The van der Waals surface area contributed by atoms with E-state index in [1.54, 1.807) is 0 Å². The molecule has 3 radical (unpaired) electrons. The zero-order valence-corrected chi connectivity index (χ0v) is 80.3. The van der Waals surface area contributed by atoms with Gasteiger partial charge in [0.1, 0.15) is 0 Å². The van der Waals surface area contributed by atoms with Crippen LogP contribution in [-0.4, -0.2) is 63.3 Å². The van der Waals surface area contributed by atoms with Gasteiger partial charge in [0.25, 0.3) is 0 Å². The molecule has 119 heavy (non-hydrogen) atoms. The third-order valence-electron chi connectivity index (χ3n) is 20.6. The van der Waals surface area contributed by atoms with Crippen molar-refractivity contribution < 1.29 is 60.3 Å². The number of fused-ring (bicyclic) bond motifs is 9. The SMILES string of the molecule is CCn1c2c[c-]c(-c3ccc([Si](C)(C)C)cn3)cc2c2ccccc21.C[Si](C)(C)c1ccc(-c2[c-]cc3c(c2)c2ccccc2n3-c2ccccc2)nc1.C[Si](C)(C)c1ccc(-c2[c-]cc3sc4ccccc4c3c2)nc1.Cc1cccnc1-c1[c-]cccc1.Cc1cccnc1-c1[c-]cccc1.Cc1cccnc1-c1[c-]cccc1.[Ir].[Ir].[Ir]. The quantitative estimate of drug-likeness (QED) is 0.0947. The molecule has 0 aliphatic heterocycles. The first-order valence-corrected chi connectivity index (χ1v) is 50.8. The Labute approximate surface area is 749 Å². The molecule has 0 spiro atoms. The average Bonchev–Trinajstić information content (AvgIpc) is 1.60. The number of hydrogen-bond donors (Lipinski definition) is 0. The number of aromatic nitrogens is 8. The van der Waals surface area contributed by atoms with Crippen molar-refractivity contribution in [3.8, 4) is 73.2 Å². The maximum Gasteiger partial charge on any atom is 0.0795 e. The van der Waals surface area contributed by atoms with Crippen molar-refractivity contribution in [2.45, 2.75) is 93.2 Å². The van der Waals surface area contributed by atoms with Crippen LogP contribution < -0.4 is 15.6 Å². The summed E-state index contributed by atoms with van der Waals surface area (Å²) in [7, 11) is -3.96. The number of benzene rings is 10. The van der Waals surface area contributed by atoms with Gasteiger partial charge in [-0.05, 0) is 158 Å². The van der Waals surface area contributed by atoms with Gasteiger partial charge in [-0.2, -0.15) is 11.3 Å². The number of rotatable bonds is 11. The second kappa shape index (κ2) is 40.5. The van der Waals surface area contributed by atoms with Crippen molar-refractivity contribution in [3.63, 3.8) is 0 Å². The molecule has 9 aromatic heterocycles. The molecule has 0 aliphatic carbocycles. The summed E-state index contributed by atoms with van der Waals surface area (Å²) in [6, 6.07) is 118. The molecule has 0 aliphatic rings. The van der Waals surface area contributed by atoms with Gasteiger partial charge in [-0.1, -0.05) is 219 Å². The minimum atomic E-state index is -1.35. The Morgan fingerprint density at radius 2 is 0.672 bits per heavy atom. The largest absolute Gasteiger partial charge is 0.381 e. The van der Waals surface area contributed by atoms with Crippen LogP contribution >= 0.6 is 11.3 Å². The molecule has 8 nitrogen and oxygen atoms in total. The Morgan fingerprint density at radius 1 is 0.303 bits per heavy atom. The van der Waals surface area contributed by atoms with E-state index in [1.165, 1.54) is 96.0 Å². The Morgan fingerprint density at radius 3 is 1.08 bits per heavy atom. The molecule has 601 valence electrons. The van der Waals surface area contributed by atoms with Crippen molar-refractivity contribution in [3.05, 3.63) is 375 Å². The number of nitrogens with zero attached hydrogens (tertiary/aromatic N) is 8. The molecule has 0 unspecified atom stereocenters. The summed E-state index contributed by atoms with van der Waals surface area (Å²) < 4.78 is 7.28. The predicted molar refractivity (Wildman–Crippen MR) is 500 cm³/mol. The van der Waals surface area contributed by atoms with E-state index in [1.807, 2.05) is 133 Å². The van der Waals surface area contributed by atoms with Gasteiger partial charge < -0.3 is 39.0 Å². The van der Waals surface area contributed by atoms with Gasteiger partial charge in [-0.3, -0.25) is 0 Å². The second-order valence-corrected chi connectivity index (χ2v) is 48.2. The molecular weight excluding hydrogens is 2050 g/mol. The first kappa shape index (κ1) is 89.3. The van der Waals surface area contributed by atoms with Crippen LogP contribution in [0.5, 0.6) is 0 Å². The molecular formula is C104H94Ir3N8SSi3-6. The summed E-state index contributed by atoms with van der Waals surface area (Å²) in [4.78, 5) is 27.1. The molecule has 0 fully saturated rings. The average molecular weight is 2150 g/mol. The topological polar surface area (TPSA) is 87.2 Å². The molecule has 9 heterocycles. The maximum absolute atomic E-state index is 4.76. The van der Waals surface area contributed by atoms with Crippen LogP contribution in [0, 0.1) is 57.2 Å². The minimum Gasteiger partial charge on any atom is -0.381 e. The van der Waals surface area contributed by atoms with Crippen molar-refractivity contribution in [1.29, 1.82) is 0 Å². The van der Waals surface area contributed by atoms with Crippen LogP contribution in [0.2, 0.25) is 58.9 Å². The standard InChI is InChI=1S/C26H23N2Si.C22H23N2Si.C20H18NSSi.3C12H10N.3Ir/c1-29(2,3)21-14-15-24(27-18-21)19-13-16-26-23(17-19)22-11-7-8-12-25(22)28(26)20-9-5-4-6-10-20;1-5-24-21-9-7-6-8-18(21)19-14-16(10-13-22(19)24)20-12-11-17(15-23-20)25(2,3)4;1-23(2,3)15-9-10-18(21-13-15)14-8-11-20-17(12-14)16-6-4-5-7-19(16)22-20;3*1-10-6-5-9-13-12(10)11-7-3-2-4-8-11;;;/h4-12,14-18H,1-3H3;6-9,11-15H,5H2,1-4H3;4-7,9-13H,1-3H3;3*2-7,9H,1H3;;;/q6*-1;;;. The monoisotopic (exact) mass is 2150 g/mol. The fourth-order valence-corrected chi connectivity index (χ4v) is 18.3. The van der Waals surface area contributed by atoms with E-state index in [9.17, 15) is 0 Å². The first-order chi connectivity index (χ1) is 56.2. The molecule has 19 rings (SSSR count). The molecule has 0 saturated heterocycles. The smallest absolute Gasteiger partial charge is 0.0795 e. The van der Waals surface area contributed by atoms with Crippen molar-refractivity contribution >= 4 is 115 Å². The Hall–Kier alpha value is -10.5. The Balaban J connectivity index is 0.000000143. The van der Waals surface area contributed by atoms with Crippen LogP contribution in [0.3, 0.4) is 0 Å². The van der Waals surface area contributed by atoms with Gasteiger partial charge >= 0.3 is 0 Å². The van der Waals surface area contributed by atoms with Gasteiger partial charge in [-0.15, -0.1) is 179 Å². The summed E-state index contributed by atoms with van der Waals surface area (Å²) >= 11 is 1.83. The van der Waals surface area contributed by atoms with E-state index in [0.717, 1.165) is 79.8 Å². The number of para-hydroxylation sites is 3. The van der Waals surface area contributed by atoms with E-state index in [4.69, 9.17) is 15.0 Å².